The molecule has 0 aliphatic heterocycles. The van der Waals surface area contributed by atoms with Gasteiger partial charge in [-0.05, 0) is 57.9 Å². The minimum atomic E-state index is -0.580. The molecule has 5 heteroatoms. The van der Waals surface area contributed by atoms with Gasteiger partial charge in [-0.3, -0.25) is 0 Å². The average Bonchev–Trinajstić information content (AvgIpc) is 2.48. The fourth-order valence-corrected chi connectivity index (χ4v) is 3.11. The number of hydrogen-bond acceptors (Lipinski definition) is 2. The summed E-state index contributed by atoms with van der Waals surface area (Å²) in [7, 11) is 0. The lowest BCUT2D eigenvalue weighted by Gasteiger charge is -2.14. The summed E-state index contributed by atoms with van der Waals surface area (Å²) in [6.07, 6.45) is 0.122. The number of hydrogen-bond donors (Lipinski definition) is 1. The minimum absolute atomic E-state index is 0.0175. The topological polar surface area (TPSA) is 26.0 Å². The van der Waals surface area contributed by atoms with Gasteiger partial charge in [0.15, 0.2) is 0 Å². The molecule has 0 fully saturated rings. The lowest BCUT2D eigenvalue weighted by Crippen LogP contribution is -2.15. The zero-order valence-electron chi connectivity index (χ0n) is 11.6. The molecule has 0 radical (unpaired) electrons. The molecule has 0 heterocycles. The van der Waals surface area contributed by atoms with E-state index < -0.39 is 17.7 Å². The second-order valence-electron chi connectivity index (χ2n) is 4.63. The summed E-state index contributed by atoms with van der Waals surface area (Å²) in [5.74, 6) is -0.146. The van der Waals surface area contributed by atoms with Gasteiger partial charge in [0.1, 0.15) is 11.6 Å². The highest BCUT2D eigenvalue weighted by atomic mass is 79.9. The predicted octanol–water partition coefficient (Wildman–Crippen LogP) is 5.08. The van der Waals surface area contributed by atoms with Crippen LogP contribution in [-0.2, 0) is 6.42 Å². The molecule has 0 aliphatic carbocycles. The summed E-state index contributed by atoms with van der Waals surface area (Å²) in [4.78, 5) is 1.16. The zero-order chi connectivity index (χ0) is 15.4. The zero-order valence-corrected chi connectivity index (χ0v) is 14.0. The maximum Gasteiger partial charge on any atom is 0.143 e. The van der Waals surface area contributed by atoms with Crippen molar-refractivity contribution in [2.75, 3.05) is 5.75 Å². The van der Waals surface area contributed by atoms with Crippen molar-refractivity contribution in [3.8, 4) is 0 Å². The molecule has 1 atom stereocenters. The van der Waals surface area contributed by atoms with E-state index in [9.17, 15) is 8.78 Å². The maximum absolute atomic E-state index is 14.0. The van der Waals surface area contributed by atoms with Crippen molar-refractivity contribution >= 4 is 27.7 Å². The van der Waals surface area contributed by atoms with Crippen LogP contribution >= 0.6 is 27.7 Å². The van der Waals surface area contributed by atoms with Crippen molar-refractivity contribution in [2.24, 2.45) is 5.73 Å². The van der Waals surface area contributed by atoms with Crippen LogP contribution in [0, 0.1) is 11.6 Å². The first kappa shape index (κ1) is 16.5. The molecular weight excluding hydrogens is 356 g/mol. The highest BCUT2D eigenvalue weighted by molar-refractivity contribution is 9.10. The second-order valence-corrected chi connectivity index (χ2v) is 6.83. The number of halogens is 3. The fourth-order valence-electron chi connectivity index (χ4n) is 2.07. The summed E-state index contributed by atoms with van der Waals surface area (Å²) >= 11 is 4.81. The molecule has 0 spiro atoms. The fraction of sp³-hybridized carbons (Fsp3) is 0.250. The molecule has 2 N–H and O–H groups in total. The first-order chi connectivity index (χ1) is 10.0. The van der Waals surface area contributed by atoms with Gasteiger partial charge in [0.25, 0.3) is 0 Å². The van der Waals surface area contributed by atoms with Gasteiger partial charge in [-0.2, -0.15) is 0 Å². The third kappa shape index (κ3) is 4.05. The van der Waals surface area contributed by atoms with Gasteiger partial charge in [0.05, 0.1) is 4.47 Å². The number of thioether (sulfide) groups is 1. The Morgan fingerprint density at radius 3 is 2.43 bits per heavy atom. The molecule has 21 heavy (non-hydrogen) atoms. The maximum atomic E-state index is 14.0. The van der Waals surface area contributed by atoms with Crippen LogP contribution in [0.2, 0.25) is 0 Å². The molecule has 0 bridgehead atoms. The van der Waals surface area contributed by atoms with E-state index in [1.165, 1.54) is 12.1 Å². The third-order valence-corrected chi connectivity index (χ3v) is 4.69. The van der Waals surface area contributed by atoms with Gasteiger partial charge >= 0.3 is 0 Å². The van der Waals surface area contributed by atoms with Crippen LogP contribution < -0.4 is 5.73 Å². The van der Waals surface area contributed by atoms with Gasteiger partial charge in [-0.25, -0.2) is 8.78 Å². The molecule has 0 aromatic heterocycles. The van der Waals surface area contributed by atoms with E-state index >= 15 is 0 Å². The molecular formula is C16H16BrF2NS. The highest BCUT2D eigenvalue weighted by Crippen LogP contribution is 2.26. The van der Waals surface area contributed by atoms with E-state index in [1.807, 2.05) is 24.3 Å². The first-order valence-corrected chi connectivity index (χ1v) is 8.41. The van der Waals surface area contributed by atoms with Crippen molar-refractivity contribution in [1.29, 1.82) is 0 Å². The molecule has 2 aromatic rings. The van der Waals surface area contributed by atoms with Crippen molar-refractivity contribution in [3.63, 3.8) is 0 Å². The Morgan fingerprint density at radius 1 is 1.14 bits per heavy atom. The van der Waals surface area contributed by atoms with E-state index in [4.69, 9.17) is 5.73 Å². The van der Waals surface area contributed by atoms with Crippen LogP contribution in [0.5, 0.6) is 0 Å². The van der Waals surface area contributed by atoms with Crippen molar-refractivity contribution in [3.05, 3.63) is 63.6 Å². The number of rotatable bonds is 5. The Labute approximate surface area is 136 Å². The Morgan fingerprint density at radius 2 is 1.81 bits per heavy atom. The van der Waals surface area contributed by atoms with Crippen LogP contribution in [0.25, 0.3) is 0 Å². The van der Waals surface area contributed by atoms with Gasteiger partial charge < -0.3 is 5.73 Å². The quantitative estimate of drug-likeness (QED) is 0.585. The number of nitrogens with two attached hydrogens (primary N) is 1. The molecule has 1 unspecified atom stereocenters. The van der Waals surface area contributed by atoms with Crippen molar-refractivity contribution in [1.82, 2.24) is 0 Å². The Hall–Kier alpha value is -0.910. The molecule has 2 rings (SSSR count). The molecule has 112 valence electrons. The number of benzene rings is 2. The lowest BCUT2D eigenvalue weighted by molar-refractivity contribution is 0.536. The Kier molecular flexibility index (Phi) is 5.79. The first-order valence-electron chi connectivity index (χ1n) is 6.63. The van der Waals surface area contributed by atoms with E-state index in [0.717, 1.165) is 16.2 Å². The summed E-state index contributed by atoms with van der Waals surface area (Å²) in [5, 5.41) is 0. The Balaban J connectivity index is 2.18. The highest BCUT2D eigenvalue weighted by Gasteiger charge is 2.16. The Bertz CT molecular complexity index is 616. The summed E-state index contributed by atoms with van der Waals surface area (Å²) in [5.41, 5.74) is 6.97. The lowest BCUT2D eigenvalue weighted by atomic mass is 9.99. The monoisotopic (exact) mass is 371 g/mol. The summed E-state index contributed by atoms with van der Waals surface area (Å²) < 4.78 is 28.0. The summed E-state index contributed by atoms with van der Waals surface area (Å²) in [6, 6.07) is 9.96. The molecule has 0 saturated carbocycles. The van der Waals surface area contributed by atoms with E-state index in [-0.39, 0.29) is 16.5 Å². The SMILES string of the molecule is CCSc1ccc(C(N)Cc2c(F)ccc(Br)c2F)cc1. The third-order valence-electron chi connectivity index (χ3n) is 3.18. The standard InChI is InChI=1S/C16H16BrF2NS/c1-2-21-11-5-3-10(4-6-11)15(20)9-12-14(18)8-7-13(17)16(12)19/h3-8,15H,2,9,20H2,1H3. The van der Waals surface area contributed by atoms with Crippen LogP contribution in [0.1, 0.15) is 24.1 Å². The van der Waals surface area contributed by atoms with Crippen molar-refractivity contribution in [2.45, 2.75) is 24.3 Å². The summed E-state index contributed by atoms with van der Waals surface area (Å²) in [6.45, 7) is 2.09. The predicted molar refractivity (Wildman–Crippen MR) is 87.5 cm³/mol. The van der Waals surface area contributed by atoms with E-state index in [2.05, 4.69) is 22.9 Å². The molecule has 0 saturated heterocycles. The largest absolute Gasteiger partial charge is 0.324 e. The van der Waals surface area contributed by atoms with Gasteiger partial charge in [-0.1, -0.05) is 19.1 Å². The van der Waals surface area contributed by atoms with Crippen molar-refractivity contribution < 1.29 is 8.78 Å². The average molecular weight is 372 g/mol. The van der Waals surface area contributed by atoms with Crippen LogP contribution in [-0.4, -0.2) is 5.75 Å². The molecule has 0 amide bonds. The van der Waals surface area contributed by atoms with Gasteiger partial charge in [-0.15, -0.1) is 11.8 Å². The second kappa shape index (κ2) is 7.38. The van der Waals surface area contributed by atoms with Gasteiger partial charge in [0.2, 0.25) is 0 Å². The molecule has 2 aromatic carbocycles. The van der Waals surface area contributed by atoms with Gasteiger partial charge in [0, 0.05) is 16.5 Å². The van der Waals surface area contributed by atoms with E-state index in [0.29, 0.717) is 0 Å². The normalized spacial score (nSPS) is 12.4. The molecule has 0 aliphatic rings. The van der Waals surface area contributed by atoms with E-state index in [1.54, 1.807) is 11.8 Å². The van der Waals surface area contributed by atoms with Crippen LogP contribution in [0.4, 0.5) is 8.78 Å². The molecule has 1 nitrogen and oxygen atoms in total. The smallest absolute Gasteiger partial charge is 0.143 e. The minimum Gasteiger partial charge on any atom is -0.324 e. The van der Waals surface area contributed by atoms with Crippen LogP contribution in [0.3, 0.4) is 0 Å². The van der Waals surface area contributed by atoms with Crippen LogP contribution in [0.15, 0.2) is 45.8 Å².